The van der Waals surface area contributed by atoms with E-state index in [-0.39, 0.29) is 5.97 Å². The lowest BCUT2D eigenvalue weighted by molar-refractivity contribution is 0.0526. The van der Waals surface area contributed by atoms with Crippen molar-refractivity contribution in [1.29, 1.82) is 0 Å². The molecule has 0 saturated carbocycles. The van der Waals surface area contributed by atoms with E-state index >= 15 is 0 Å². The van der Waals surface area contributed by atoms with Crippen LogP contribution in [0.15, 0.2) is 36.4 Å². The molecule has 1 aromatic heterocycles. The molecule has 7 nitrogen and oxygen atoms in total. The Labute approximate surface area is 151 Å². The van der Waals surface area contributed by atoms with Gasteiger partial charge in [-0.15, -0.1) is 0 Å². The van der Waals surface area contributed by atoms with Gasteiger partial charge in [-0.05, 0) is 24.6 Å². The first-order valence-electron chi connectivity index (χ1n) is 8.26. The second-order valence-electron chi connectivity index (χ2n) is 5.58. The van der Waals surface area contributed by atoms with E-state index in [0.29, 0.717) is 36.2 Å². The first-order chi connectivity index (χ1) is 12.6. The number of hydrogen-bond donors (Lipinski definition) is 2. The van der Waals surface area contributed by atoms with Gasteiger partial charge < -0.3 is 24.5 Å². The second-order valence-corrected chi connectivity index (χ2v) is 5.58. The number of methoxy groups -OCH3 is 2. The van der Waals surface area contributed by atoms with E-state index in [0.717, 1.165) is 16.6 Å². The Morgan fingerprint density at radius 3 is 2.46 bits per heavy atom. The molecular weight excluding hydrogens is 334 g/mol. The Morgan fingerprint density at radius 2 is 1.81 bits per heavy atom. The molecule has 0 bridgehead atoms. The van der Waals surface area contributed by atoms with Crippen LogP contribution < -0.4 is 14.8 Å². The summed E-state index contributed by atoms with van der Waals surface area (Å²) < 4.78 is 15.6. The summed E-state index contributed by atoms with van der Waals surface area (Å²) in [7, 11) is 3.19. The molecule has 0 aliphatic rings. The van der Waals surface area contributed by atoms with Crippen molar-refractivity contribution in [3.05, 3.63) is 47.5 Å². The van der Waals surface area contributed by atoms with Gasteiger partial charge in [0.05, 0.1) is 37.4 Å². The van der Waals surface area contributed by atoms with Gasteiger partial charge >= 0.3 is 5.97 Å². The summed E-state index contributed by atoms with van der Waals surface area (Å²) in [6.45, 7) is 2.72. The zero-order chi connectivity index (χ0) is 18.5. The minimum atomic E-state index is -0.313. The van der Waals surface area contributed by atoms with E-state index in [9.17, 15) is 4.79 Å². The van der Waals surface area contributed by atoms with Crippen molar-refractivity contribution in [1.82, 2.24) is 9.97 Å². The molecule has 0 unspecified atom stereocenters. The van der Waals surface area contributed by atoms with Gasteiger partial charge in [0.25, 0.3) is 0 Å². The van der Waals surface area contributed by atoms with Crippen molar-refractivity contribution in [2.24, 2.45) is 0 Å². The van der Waals surface area contributed by atoms with E-state index in [4.69, 9.17) is 14.2 Å². The maximum Gasteiger partial charge on any atom is 0.338 e. The van der Waals surface area contributed by atoms with Crippen LogP contribution in [0.4, 0.5) is 5.95 Å². The minimum Gasteiger partial charge on any atom is -0.493 e. The predicted octanol–water partition coefficient (Wildman–Crippen LogP) is 3.37. The number of imidazole rings is 1. The Hall–Kier alpha value is -3.22. The average Bonchev–Trinajstić information content (AvgIpc) is 3.07. The first-order valence-corrected chi connectivity index (χ1v) is 8.26. The van der Waals surface area contributed by atoms with Gasteiger partial charge in [-0.2, -0.15) is 0 Å². The number of H-pyrrole nitrogens is 1. The molecule has 0 aliphatic heterocycles. The Bertz CT molecular complexity index is 862. The van der Waals surface area contributed by atoms with E-state index < -0.39 is 0 Å². The summed E-state index contributed by atoms with van der Waals surface area (Å²) in [5, 5.41) is 3.23. The highest BCUT2D eigenvalue weighted by Gasteiger charge is 2.10. The third-order valence-corrected chi connectivity index (χ3v) is 3.91. The van der Waals surface area contributed by atoms with E-state index in [2.05, 4.69) is 15.3 Å². The molecule has 2 N–H and O–H groups in total. The van der Waals surface area contributed by atoms with Gasteiger partial charge in [-0.25, -0.2) is 9.78 Å². The molecule has 3 aromatic rings. The van der Waals surface area contributed by atoms with Crippen molar-refractivity contribution in [3.63, 3.8) is 0 Å². The lowest BCUT2D eigenvalue weighted by atomic mass is 10.1. The number of carbonyl (C=O) groups excluding carboxylic acids is 1. The van der Waals surface area contributed by atoms with Crippen LogP contribution in [0.2, 0.25) is 0 Å². The normalized spacial score (nSPS) is 10.6. The highest BCUT2D eigenvalue weighted by atomic mass is 16.5. The van der Waals surface area contributed by atoms with Gasteiger partial charge in [0.1, 0.15) is 0 Å². The molecule has 136 valence electrons. The molecule has 0 radical (unpaired) electrons. The van der Waals surface area contributed by atoms with E-state index in [1.54, 1.807) is 33.3 Å². The maximum absolute atomic E-state index is 11.7. The number of nitrogens with zero attached hydrogens (tertiary/aromatic N) is 1. The fourth-order valence-electron chi connectivity index (χ4n) is 2.58. The number of hydrogen-bond acceptors (Lipinski definition) is 6. The fraction of sp³-hybridized carbons (Fsp3) is 0.263. The van der Waals surface area contributed by atoms with Crippen LogP contribution >= 0.6 is 0 Å². The van der Waals surface area contributed by atoms with Crippen LogP contribution in [0, 0.1) is 0 Å². The molecular formula is C19H21N3O4. The van der Waals surface area contributed by atoms with Crippen LogP contribution in [0.5, 0.6) is 11.5 Å². The zero-order valence-electron chi connectivity index (χ0n) is 15.0. The summed E-state index contributed by atoms with van der Waals surface area (Å²) in [6, 6.07) is 10.9. The van der Waals surface area contributed by atoms with Crippen molar-refractivity contribution >= 4 is 23.0 Å². The predicted molar refractivity (Wildman–Crippen MR) is 98.9 cm³/mol. The molecule has 0 aliphatic carbocycles. The van der Waals surface area contributed by atoms with Crippen LogP contribution in [0.3, 0.4) is 0 Å². The summed E-state index contributed by atoms with van der Waals surface area (Å²) in [6.07, 6.45) is 0. The summed E-state index contributed by atoms with van der Waals surface area (Å²) in [4.78, 5) is 19.4. The molecule has 3 rings (SSSR count). The highest BCUT2D eigenvalue weighted by molar-refractivity contribution is 5.89. The number of fused-ring (bicyclic) bond motifs is 1. The number of nitrogens with one attached hydrogen (secondary N) is 2. The number of carbonyl (C=O) groups is 1. The Balaban J connectivity index is 1.70. The third kappa shape index (κ3) is 3.72. The lowest BCUT2D eigenvalue weighted by Gasteiger charge is -2.06. The van der Waals surface area contributed by atoms with Crippen LogP contribution in [-0.4, -0.2) is 36.8 Å². The summed E-state index contributed by atoms with van der Waals surface area (Å²) in [5.41, 5.74) is 3.19. The second kappa shape index (κ2) is 7.77. The Morgan fingerprint density at radius 1 is 1.12 bits per heavy atom. The number of esters is 1. The molecule has 1 heterocycles. The minimum absolute atomic E-state index is 0.313. The molecule has 0 amide bonds. The molecule has 7 heteroatoms. The van der Waals surface area contributed by atoms with Crippen molar-refractivity contribution in [2.75, 3.05) is 26.1 Å². The number of ether oxygens (including phenoxy) is 3. The number of benzene rings is 2. The maximum atomic E-state index is 11.7. The average molecular weight is 355 g/mol. The summed E-state index contributed by atoms with van der Waals surface area (Å²) in [5.74, 6) is 1.61. The largest absolute Gasteiger partial charge is 0.493 e. The molecule has 0 spiro atoms. The number of anilines is 1. The third-order valence-electron chi connectivity index (χ3n) is 3.91. The number of aromatic amines is 1. The summed E-state index contributed by atoms with van der Waals surface area (Å²) >= 11 is 0. The molecule has 0 fully saturated rings. The van der Waals surface area contributed by atoms with Crippen LogP contribution in [-0.2, 0) is 11.3 Å². The smallest absolute Gasteiger partial charge is 0.338 e. The lowest BCUT2D eigenvalue weighted by Crippen LogP contribution is -2.05. The van der Waals surface area contributed by atoms with E-state index in [1.165, 1.54) is 0 Å². The molecule has 2 aromatic carbocycles. The van der Waals surface area contributed by atoms with Gasteiger partial charge in [0.2, 0.25) is 5.95 Å². The molecule has 26 heavy (non-hydrogen) atoms. The first kappa shape index (κ1) is 17.6. The van der Waals surface area contributed by atoms with E-state index in [1.807, 2.05) is 24.3 Å². The number of aromatic nitrogens is 2. The fourth-order valence-corrected chi connectivity index (χ4v) is 2.58. The molecule has 0 saturated heterocycles. The Kier molecular flexibility index (Phi) is 5.26. The SMILES string of the molecule is CCOC(=O)c1ccc(CNc2nc3cc(OC)c(OC)cc3[nH]2)cc1. The standard InChI is InChI=1S/C19H21N3O4/c1-4-26-18(23)13-7-5-12(6-8-13)11-20-19-21-14-9-16(24-2)17(25-3)10-15(14)22-19/h5-10H,4,11H2,1-3H3,(H2,20,21,22). The number of rotatable bonds is 7. The topological polar surface area (TPSA) is 85.5 Å². The quantitative estimate of drug-likeness (QED) is 0.632. The van der Waals surface area contributed by atoms with Crippen molar-refractivity contribution < 1.29 is 19.0 Å². The van der Waals surface area contributed by atoms with Gasteiger partial charge in [0.15, 0.2) is 11.5 Å². The van der Waals surface area contributed by atoms with Crippen molar-refractivity contribution in [3.8, 4) is 11.5 Å². The van der Waals surface area contributed by atoms with Crippen LogP contribution in [0.1, 0.15) is 22.8 Å². The molecule has 0 atom stereocenters. The highest BCUT2D eigenvalue weighted by Crippen LogP contribution is 2.31. The van der Waals surface area contributed by atoms with Gasteiger partial charge in [-0.3, -0.25) is 0 Å². The van der Waals surface area contributed by atoms with Gasteiger partial charge in [-0.1, -0.05) is 12.1 Å². The van der Waals surface area contributed by atoms with Crippen LogP contribution in [0.25, 0.3) is 11.0 Å². The monoisotopic (exact) mass is 355 g/mol. The zero-order valence-corrected chi connectivity index (χ0v) is 15.0. The van der Waals surface area contributed by atoms with Crippen molar-refractivity contribution in [2.45, 2.75) is 13.5 Å². The van der Waals surface area contributed by atoms with Gasteiger partial charge in [0, 0.05) is 18.7 Å².